The highest BCUT2D eigenvalue weighted by Crippen LogP contribution is 2.54. The van der Waals surface area contributed by atoms with Gasteiger partial charge in [-0.1, -0.05) is 25.0 Å². The van der Waals surface area contributed by atoms with Crippen molar-refractivity contribution in [2.75, 3.05) is 29.5 Å². The molecule has 1 saturated heterocycles. The largest absolute Gasteiger partial charge is 0.440 e. The molecule has 2 unspecified atom stereocenters. The van der Waals surface area contributed by atoms with Crippen LogP contribution in [0.5, 0.6) is 0 Å². The van der Waals surface area contributed by atoms with Crippen LogP contribution in [-0.4, -0.2) is 39.7 Å². The van der Waals surface area contributed by atoms with Crippen LogP contribution >= 0.6 is 0 Å². The average Bonchev–Trinajstić information content (AvgIpc) is 3.38. The quantitative estimate of drug-likeness (QED) is 0.476. The van der Waals surface area contributed by atoms with E-state index in [1.165, 1.54) is 12.1 Å². The van der Waals surface area contributed by atoms with Crippen LogP contribution in [0.3, 0.4) is 0 Å². The highest BCUT2D eigenvalue weighted by Gasteiger charge is 2.53. The molecule has 7 nitrogen and oxygen atoms in total. The van der Waals surface area contributed by atoms with Crippen molar-refractivity contribution in [3.63, 3.8) is 0 Å². The first-order chi connectivity index (χ1) is 18.3. The summed E-state index contributed by atoms with van der Waals surface area (Å²) >= 11 is 0. The van der Waals surface area contributed by atoms with E-state index in [4.69, 9.17) is 15.1 Å². The summed E-state index contributed by atoms with van der Waals surface area (Å²) < 4.78 is 31.8. The molecule has 0 bridgehead atoms. The van der Waals surface area contributed by atoms with Crippen LogP contribution in [0.1, 0.15) is 44.3 Å². The van der Waals surface area contributed by atoms with Crippen molar-refractivity contribution in [2.45, 2.75) is 38.5 Å². The molecule has 2 aliphatic rings. The van der Waals surface area contributed by atoms with E-state index in [1.807, 2.05) is 24.3 Å². The van der Waals surface area contributed by atoms with Gasteiger partial charge in [0.1, 0.15) is 17.3 Å². The number of nitrogens with two attached hydrogens (primary N) is 1. The van der Waals surface area contributed by atoms with E-state index < -0.39 is 34.0 Å². The molecule has 0 spiro atoms. The zero-order chi connectivity index (χ0) is 26.9. The fourth-order valence-electron chi connectivity index (χ4n) is 5.92. The summed E-state index contributed by atoms with van der Waals surface area (Å²) in [6.07, 6.45) is 2.82. The first-order valence-electron chi connectivity index (χ1n) is 13.0. The minimum atomic E-state index is -1.08. The molecular formula is C29H31FN4O3S. The van der Waals surface area contributed by atoms with E-state index in [9.17, 15) is 18.7 Å². The number of halogens is 1. The number of hydrogen-bond donors (Lipinski definition) is 1. The van der Waals surface area contributed by atoms with Crippen molar-refractivity contribution < 1.29 is 17.8 Å². The van der Waals surface area contributed by atoms with Crippen LogP contribution in [-0.2, 0) is 15.6 Å². The number of carbonyl (C=O) groups is 1. The molecule has 2 heterocycles. The third-order valence-corrected chi connectivity index (χ3v) is 9.40. The van der Waals surface area contributed by atoms with E-state index >= 15 is 0 Å². The molecule has 38 heavy (non-hydrogen) atoms. The Hall–Kier alpha value is -3.51. The lowest BCUT2D eigenvalue weighted by Crippen LogP contribution is -2.48. The Balaban J connectivity index is 1.60. The van der Waals surface area contributed by atoms with Crippen molar-refractivity contribution in [1.82, 2.24) is 4.98 Å². The lowest BCUT2D eigenvalue weighted by Gasteiger charge is -2.42. The Labute approximate surface area is 224 Å². The van der Waals surface area contributed by atoms with Gasteiger partial charge in [-0.05, 0) is 56.2 Å². The number of nitrogens with zero attached hydrogens (tertiary/aromatic N) is 3. The van der Waals surface area contributed by atoms with Gasteiger partial charge in [-0.25, -0.2) is 9.37 Å². The predicted octanol–water partition coefficient (Wildman–Crippen LogP) is 5.01. The first-order valence-corrected chi connectivity index (χ1v) is 14.5. The number of oxazole rings is 1. The normalized spacial score (nSPS) is 23.1. The van der Waals surface area contributed by atoms with Crippen molar-refractivity contribution >= 4 is 22.4 Å². The lowest BCUT2D eigenvalue weighted by molar-refractivity contribution is -0.133. The van der Waals surface area contributed by atoms with Gasteiger partial charge in [0.25, 0.3) is 0 Å². The molecule has 3 aromatic rings. The number of carbonyl (C=O) groups excluding carboxylic acids is 1. The van der Waals surface area contributed by atoms with Gasteiger partial charge in [0.2, 0.25) is 11.8 Å². The fraction of sp³-hybridized carbons (Fsp3) is 0.414. The molecule has 198 valence electrons. The van der Waals surface area contributed by atoms with Crippen LogP contribution in [0, 0.1) is 28.5 Å². The van der Waals surface area contributed by atoms with Gasteiger partial charge in [0.05, 0.1) is 17.4 Å². The highest BCUT2D eigenvalue weighted by atomic mass is 32.2. The average molecular weight is 535 g/mol. The molecule has 2 N–H and O–H groups in total. The Kier molecular flexibility index (Phi) is 7.35. The van der Waals surface area contributed by atoms with Gasteiger partial charge in [-0.3, -0.25) is 9.00 Å². The number of anilines is 1. The standard InChI is InChI=1S/C29H31FN4O3S/c1-19(18-31)29(28(32)35)13-3-2-4-24(29)26-25(33-27(37-26)21-5-9-22(30)10-6-21)20-7-11-23(12-8-20)34-14-16-38(36)17-15-34/h5-12,19,24H,2-4,13-17H2,1H3,(H2,32,35)/t19-,24?,29?/m1/s1. The van der Waals surface area contributed by atoms with Gasteiger partial charge in [0, 0.05) is 58.1 Å². The number of amides is 1. The molecule has 0 radical (unpaired) electrons. The second-order valence-electron chi connectivity index (χ2n) is 10.2. The van der Waals surface area contributed by atoms with Gasteiger partial charge >= 0.3 is 0 Å². The fourth-order valence-corrected chi connectivity index (χ4v) is 6.97. The highest BCUT2D eigenvalue weighted by molar-refractivity contribution is 7.85. The summed E-state index contributed by atoms with van der Waals surface area (Å²) in [5.41, 5.74) is 8.01. The zero-order valence-electron chi connectivity index (χ0n) is 21.4. The topological polar surface area (TPSA) is 113 Å². The molecule has 2 fully saturated rings. The molecule has 2 aromatic carbocycles. The monoisotopic (exact) mass is 534 g/mol. The second-order valence-corrected chi connectivity index (χ2v) is 11.9. The number of rotatable bonds is 6. The molecule has 1 aliphatic heterocycles. The van der Waals surface area contributed by atoms with E-state index in [0.717, 1.165) is 37.2 Å². The Morgan fingerprint density at radius 2 is 1.82 bits per heavy atom. The van der Waals surface area contributed by atoms with E-state index in [-0.39, 0.29) is 5.82 Å². The zero-order valence-corrected chi connectivity index (χ0v) is 22.2. The summed E-state index contributed by atoms with van der Waals surface area (Å²) in [6, 6.07) is 16.2. The number of benzene rings is 2. The van der Waals surface area contributed by atoms with Crippen LogP contribution in [0.4, 0.5) is 10.1 Å². The predicted molar refractivity (Wildman–Crippen MR) is 145 cm³/mol. The number of nitriles is 1. The van der Waals surface area contributed by atoms with E-state index in [1.54, 1.807) is 19.1 Å². The van der Waals surface area contributed by atoms with Crippen molar-refractivity contribution in [3.05, 3.63) is 60.1 Å². The first kappa shape index (κ1) is 26.1. The Morgan fingerprint density at radius 1 is 1.16 bits per heavy atom. The summed E-state index contributed by atoms with van der Waals surface area (Å²) in [4.78, 5) is 20.1. The van der Waals surface area contributed by atoms with Gasteiger partial charge < -0.3 is 15.1 Å². The minimum absolute atomic E-state index is 0.325. The number of aromatic nitrogens is 1. The maximum atomic E-state index is 13.6. The van der Waals surface area contributed by atoms with Crippen LogP contribution in [0.15, 0.2) is 52.9 Å². The maximum absolute atomic E-state index is 13.6. The van der Waals surface area contributed by atoms with Crippen LogP contribution in [0.25, 0.3) is 22.7 Å². The van der Waals surface area contributed by atoms with Crippen molar-refractivity contribution in [1.29, 1.82) is 5.26 Å². The molecular weight excluding hydrogens is 503 g/mol. The minimum Gasteiger partial charge on any atom is -0.440 e. The summed E-state index contributed by atoms with van der Waals surface area (Å²) in [5, 5.41) is 9.87. The molecule has 1 saturated carbocycles. The molecule has 1 amide bonds. The molecule has 1 aromatic heterocycles. The van der Waals surface area contributed by atoms with Crippen LogP contribution in [0.2, 0.25) is 0 Å². The molecule has 1 aliphatic carbocycles. The van der Waals surface area contributed by atoms with Gasteiger partial charge in [0.15, 0.2) is 0 Å². The Morgan fingerprint density at radius 3 is 2.45 bits per heavy atom. The van der Waals surface area contributed by atoms with Crippen LogP contribution < -0.4 is 10.6 Å². The smallest absolute Gasteiger partial charge is 0.226 e. The Bertz CT molecular complexity index is 1370. The number of hydrogen-bond acceptors (Lipinski definition) is 6. The molecule has 9 heteroatoms. The third kappa shape index (κ3) is 4.73. The third-order valence-electron chi connectivity index (χ3n) is 8.12. The summed E-state index contributed by atoms with van der Waals surface area (Å²) in [5.74, 6) is 0.285. The molecule has 5 rings (SSSR count). The van der Waals surface area contributed by atoms with Gasteiger partial charge in [-0.2, -0.15) is 5.26 Å². The van der Waals surface area contributed by atoms with E-state index in [2.05, 4.69) is 11.0 Å². The lowest BCUT2D eigenvalue weighted by atomic mass is 9.59. The second kappa shape index (κ2) is 10.7. The van der Waals surface area contributed by atoms with Gasteiger partial charge in [-0.15, -0.1) is 0 Å². The maximum Gasteiger partial charge on any atom is 0.226 e. The summed E-state index contributed by atoms with van der Waals surface area (Å²) in [6.45, 7) is 3.23. The SMILES string of the molecule is C[C@H](C#N)C1(C(N)=O)CCCCC1c1oc(-c2ccc(F)cc2)nc1-c1ccc(N2CCS(=O)CC2)cc1. The van der Waals surface area contributed by atoms with E-state index in [0.29, 0.717) is 47.3 Å². The van der Waals surface area contributed by atoms with Crippen molar-refractivity contribution in [3.8, 4) is 28.8 Å². The molecule has 3 atom stereocenters. The van der Waals surface area contributed by atoms with Crippen molar-refractivity contribution in [2.24, 2.45) is 17.1 Å². The summed E-state index contributed by atoms with van der Waals surface area (Å²) in [7, 11) is -0.756. The number of primary amides is 1.